The van der Waals surface area contributed by atoms with Crippen LogP contribution in [0.3, 0.4) is 0 Å². The lowest BCUT2D eigenvalue weighted by atomic mass is 9.97. The minimum atomic E-state index is -1.35. The van der Waals surface area contributed by atoms with Crippen LogP contribution in [-0.4, -0.2) is 37.2 Å². The number of nitro groups is 1. The van der Waals surface area contributed by atoms with Crippen LogP contribution in [0.25, 0.3) is 0 Å². The number of rotatable bonds is 7. The zero-order chi connectivity index (χ0) is 16.7. The Kier molecular flexibility index (Phi) is 6.30. The van der Waals surface area contributed by atoms with Gasteiger partial charge in [0.25, 0.3) is 5.69 Å². The molecule has 1 rings (SSSR count). The first-order valence-corrected chi connectivity index (χ1v) is 6.61. The standard InChI is InChI=1S/C14H17NO7/c1-4-21-13(16)12(14(17)22-5-2)10-7-6-9(15(18)19)8-11(10)20-3/h6-8,12H,4-5H2,1-3H3. The second-order valence-corrected chi connectivity index (χ2v) is 4.12. The summed E-state index contributed by atoms with van der Waals surface area (Å²) in [5.74, 6) is -2.91. The molecule has 0 unspecified atom stereocenters. The lowest BCUT2D eigenvalue weighted by Gasteiger charge is -2.17. The van der Waals surface area contributed by atoms with Crippen LogP contribution in [0.2, 0.25) is 0 Å². The van der Waals surface area contributed by atoms with Crippen LogP contribution in [-0.2, 0) is 19.1 Å². The van der Waals surface area contributed by atoms with E-state index in [0.717, 1.165) is 6.07 Å². The number of carbonyl (C=O) groups excluding carboxylic acids is 2. The first-order chi connectivity index (χ1) is 10.5. The van der Waals surface area contributed by atoms with Gasteiger partial charge in [-0.25, -0.2) is 0 Å². The van der Waals surface area contributed by atoms with Gasteiger partial charge in [-0.3, -0.25) is 19.7 Å². The number of benzene rings is 1. The normalized spacial score (nSPS) is 10.2. The van der Waals surface area contributed by atoms with Crippen molar-refractivity contribution in [3.8, 4) is 5.75 Å². The maximum absolute atomic E-state index is 12.0. The van der Waals surface area contributed by atoms with E-state index in [0.29, 0.717) is 0 Å². The molecule has 0 saturated heterocycles. The van der Waals surface area contributed by atoms with E-state index in [1.807, 2.05) is 0 Å². The molecule has 8 heteroatoms. The first-order valence-electron chi connectivity index (χ1n) is 6.61. The summed E-state index contributed by atoms with van der Waals surface area (Å²) in [6, 6.07) is 3.61. The molecule has 0 N–H and O–H groups in total. The third-order valence-electron chi connectivity index (χ3n) is 2.78. The van der Waals surface area contributed by atoms with Crippen molar-refractivity contribution in [3.05, 3.63) is 33.9 Å². The molecule has 0 aliphatic carbocycles. The Morgan fingerprint density at radius 2 is 1.73 bits per heavy atom. The highest BCUT2D eigenvalue weighted by Gasteiger charge is 2.34. The number of ether oxygens (including phenoxy) is 3. The van der Waals surface area contributed by atoms with Gasteiger partial charge in [0.1, 0.15) is 5.75 Å². The van der Waals surface area contributed by atoms with Crippen molar-refractivity contribution in [2.45, 2.75) is 19.8 Å². The molecule has 0 spiro atoms. The molecule has 0 heterocycles. The smallest absolute Gasteiger partial charge is 0.325 e. The number of methoxy groups -OCH3 is 1. The quantitative estimate of drug-likeness (QED) is 0.327. The molecule has 1 aromatic rings. The average molecular weight is 311 g/mol. The summed E-state index contributed by atoms with van der Waals surface area (Å²) in [5.41, 5.74) is -0.0583. The molecule has 0 aromatic heterocycles. The van der Waals surface area contributed by atoms with Crippen LogP contribution in [0.15, 0.2) is 18.2 Å². The van der Waals surface area contributed by atoms with Crippen molar-refractivity contribution in [1.82, 2.24) is 0 Å². The second kappa shape index (κ2) is 7.96. The van der Waals surface area contributed by atoms with E-state index in [1.54, 1.807) is 13.8 Å². The van der Waals surface area contributed by atoms with Gasteiger partial charge in [-0.05, 0) is 19.9 Å². The van der Waals surface area contributed by atoms with Crippen LogP contribution in [0.1, 0.15) is 25.3 Å². The highest BCUT2D eigenvalue weighted by molar-refractivity contribution is 6.01. The Hall–Kier alpha value is -2.64. The Balaban J connectivity index is 3.31. The Morgan fingerprint density at radius 3 is 2.14 bits per heavy atom. The highest BCUT2D eigenvalue weighted by Crippen LogP contribution is 2.32. The summed E-state index contributed by atoms with van der Waals surface area (Å²) in [5, 5.41) is 10.8. The third-order valence-corrected chi connectivity index (χ3v) is 2.78. The van der Waals surface area contributed by atoms with E-state index in [9.17, 15) is 19.7 Å². The molecule has 120 valence electrons. The van der Waals surface area contributed by atoms with Crippen molar-refractivity contribution in [2.24, 2.45) is 0 Å². The van der Waals surface area contributed by atoms with Gasteiger partial charge in [-0.2, -0.15) is 0 Å². The SMILES string of the molecule is CCOC(=O)C(C(=O)OCC)c1ccc([N+](=O)[O-])cc1OC. The number of carbonyl (C=O) groups is 2. The predicted molar refractivity (Wildman–Crippen MR) is 75.7 cm³/mol. The highest BCUT2D eigenvalue weighted by atomic mass is 16.6. The van der Waals surface area contributed by atoms with Crippen LogP contribution >= 0.6 is 0 Å². The Bertz CT molecular complexity index is 552. The van der Waals surface area contributed by atoms with Crippen LogP contribution in [0.5, 0.6) is 5.75 Å². The number of non-ortho nitro benzene ring substituents is 1. The molecule has 0 aliphatic rings. The van der Waals surface area contributed by atoms with Gasteiger partial charge in [0.15, 0.2) is 5.92 Å². The second-order valence-electron chi connectivity index (χ2n) is 4.12. The van der Waals surface area contributed by atoms with Gasteiger partial charge >= 0.3 is 11.9 Å². The van der Waals surface area contributed by atoms with Crippen molar-refractivity contribution >= 4 is 17.6 Å². The predicted octanol–water partition coefficient (Wildman–Crippen LogP) is 1.81. The van der Waals surface area contributed by atoms with Crippen molar-refractivity contribution in [1.29, 1.82) is 0 Å². The molecule has 0 fully saturated rings. The van der Waals surface area contributed by atoms with Crippen LogP contribution < -0.4 is 4.74 Å². The molecule has 0 saturated carbocycles. The number of esters is 2. The maximum atomic E-state index is 12.0. The fourth-order valence-electron chi connectivity index (χ4n) is 1.85. The molecule has 1 aromatic carbocycles. The van der Waals surface area contributed by atoms with Gasteiger partial charge in [0.2, 0.25) is 0 Å². The Labute approximate surface area is 127 Å². The topological polar surface area (TPSA) is 105 Å². The van der Waals surface area contributed by atoms with Gasteiger partial charge in [-0.1, -0.05) is 0 Å². The monoisotopic (exact) mass is 311 g/mol. The Morgan fingerprint density at radius 1 is 1.18 bits per heavy atom. The fourth-order valence-corrected chi connectivity index (χ4v) is 1.85. The fraction of sp³-hybridized carbons (Fsp3) is 0.429. The van der Waals surface area contributed by atoms with Gasteiger partial charge in [0, 0.05) is 11.6 Å². The van der Waals surface area contributed by atoms with Crippen LogP contribution in [0.4, 0.5) is 5.69 Å². The third kappa shape index (κ3) is 3.94. The lowest BCUT2D eigenvalue weighted by Crippen LogP contribution is -2.26. The molecular formula is C14H17NO7. The average Bonchev–Trinajstić information content (AvgIpc) is 2.48. The van der Waals surface area contributed by atoms with Crippen molar-refractivity contribution in [3.63, 3.8) is 0 Å². The van der Waals surface area contributed by atoms with Gasteiger partial charge in [-0.15, -0.1) is 0 Å². The van der Waals surface area contributed by atoms with E-state index < -0.39 is 22.8 Å². The summed E-state index contributed by atoms with van der Waals surface area (Å²) in [6.45, 7) is 3.38. The molecule has 0 bridgehead atoms. The number of hydrogen-bond donors (Lipinski definition) is 0. The largest absolute Gasteiger partial charge is 0.496 e. The van der Waals surface area contributed by atoms with E-state index in [1.165, 1.54) is 19.2 Å². The summed E-state index contributed by atoms with van der Waals surface area (Å²) in [6.07, 6.45) is 0. The van der Waals surface area contributed by atoms with E-state index in [4.69, 9.17) is 14.2 Å². The summed E-state index contributed by atoms with van der Waals surface area (Å²) < 4.78 is 14.8. The number of nitrogens with zero attached hydrogens (tertiary/aromatic N) is 1. The zero-order valence-corrected chi connectivity index (χ0v) is 12.5. The molecule has 0 radical (unpaired) electrons. The summed E-state index contributed by atoms with van der Waals surface area (Å²) >= 11 is 0. The van der Waals surface area contributed by atoms with Gasteiger partial charge < -0.3 is 14.2 Å². The van der Waals surface area contributed by atoms with Crippen molar-refractivity contribution < 1.29 is 28.7 Å². The van der Waals surface area contributed by atoms with E-state index in [2.05, 4.69) is 0 Å². The van der Waals surface area contributed by atoms with E-state index in [-0.39, 0.29) is 30.2 Å². The molecular weight excluding hydrogens is 294 g/mol. The molecule has 0 aliphatic heterocycles. The maximum Gasteiger partial charge on any atom is 0.325 e. The summed E-state index contributed by atoms with van der Waals surface area (Å²) in [7, 11) is 1.29. The van der Waals surface area contributed by atoms with Crippen LogP contribution in [0, 0.1) is 10.1 Å². The minimum absolute atomic E-state index is 0.0420. The molecule has 0 atom stereocenters. The first kappa shape index (κ1) is 17.4. The van der Waals surface area contributed by atoms with Crippen molar-refractivity contribution in [2.75, 3.05) is 20.3 Å². The molecule has 22 heavy (non-hydrogen) atoms. The minimum Gasteiger partial charge on any atom is -0.496 e. The molecule has 0 amide bonds. The number of hydrogen-bond acceptors (Lipinski definition) is 7. The molecule has 8 nitrogen and oxygen atoms in total. The van der Waals surface area contributed by atoms with E-state index >= 15 is 0 Å². The lowest BCUT2D eigenvalue weighted by molar-refractivity contribution is -0.384. The van der Waals surface area contributed by atoms with Gasteiger partial charge in [0.05, 0.1) is 31.3 Å². The zero-order valence-electron chi connectivity index (χ0n) is 12.5. The number of nitro benzene ring substituents is 1. The summed E-state index contributed by atoms with van der Waals surface area (Å²) in [4.78, 5) is 34.3.